The number of amides is 2. The Morgan fingerprint density at radius 3 is 2.45 bits per heavy atom. The molecule has 2 aromatic carbocycles. The summed E-state index contributed by atoms with van der Waals surface area (Å²) in [7, 11) is 1.61. The predicted molar refractivity (Wildman–Crippen MR) is 113 cm³/mol. The van der Waals surface area contributed by atoms with Crippen LogP contribution >= 0.6 is 0 Å². The fourth-order valence-electron chi connectivity index (χ4n) is 2.54. The van der Waals surface area contributed by atoms with E-state index in [0.29, 0.717) is 17.8 Å². The van der Waals surface area contributed by atoms with Crippen LogP contribution in [0, 0.1) is 0 Å². The Morgan fingerprint density at radius 2 is 1.79 bits per heavy atom. The molecule has 0 fully saturated rings. The van der Waals surface area contributed by atoms with Gasteiger partial charge >= 0.3 is 0 Å². The third-order valence-electron chi connectivity index (χ3n) is 4.15. The van der Waals surface area contributed by atoms with E-state index >= 15 is 0 Å². The van der Waals surface area contributed by atoms with E-state index in [4.69, 9.17) is 4.74 Å². The molecule has 29 heavy (non-hydrogen) atoms. The number of rotatable bonds is 7. The number of nitrogens with one attached hydrogen (secondary N) is 2. The number of benzene rings is 2. The summed E-state index contributed by atoms with van der Waals surface area (Å²) in [4.78, 5) is 28.0. The number of pyridine rings is 1. The summed E-state index contributed by atoms with van der Waals surface area (Å²) >= 11 is 0. The van der Waals surface area contributed by atoms with Crippen molar-refractivity contribution in [2.75, 3.05) is 12.4 Å². The number of carbonyl (C=O) groups excluding carboxylic acids is 2. The highest BCUT2D eigenvalue weighted by Crippen LogP contribution is 2.13. The van der Waals surface area contributed by atoms with Crippen LogP contribution in [0.2, 0.25) is 0 Å². The maximum absolute atomic E-state index is 12.1. The lowest BCUT2D eigenvalue weighted by atomic mass is 10.2. The van der Waals surface area contributed by atoms with Crippen LogP contribution in [0.4, 0.5) is 5.69 Å². The molecule has 3 rings (SSSR count). The zero-order chi connectivity index (χ0) is 20.5. The molecule has 0 spiro atoms. The number of anilines is 1. The Morgan fingerprint density at radius 1 is 1.03 bits per heavy atom. The molecule has 1 aromatic heterocycles. The summed E-state index contributed by atoms with van der Waals surface area (Å²) in [6.07, 6.45) is 6.36. The molecule has 0 atom stereocenters. The van der Waals surface area contributed by atoms with Gasteiger partial charge in [0.05, 0.1) is 12.7 Å². The first-order valence-electron chi connectivity index (χ1n) is 9.04. The molecular formula is C23H21N3O3. The lowest BCUT2D eigenvalue weighted by Gasteiger charge is -2.07. The molecule has 0 aliphatic rings. The molecule has 0 bridgehead atoms. The standard InChI is InChI=1S/C23H21N3O3/c1-29-21-11-6-17(7-12-21)8-13-22(27)25-15-18-4-9-20(10-5-18)26-23(28)19-3-2-14-24-16-19/h2-14,16H,15H2,1H3,(H,25,27)(H,26,28)/b13-8+. The molecule has 0 unspecified atom stereocenters. The van der Waals surface area contributed by atoms with Gasteiger partial charge in [-0.2, -0.15) is 0 Å². The maximum Gasteiger partial charge on any atom is 0.257 e. The SMILES string of the molecule is COc1ccc(/C=C/C(=O)NCc2ccc(NC(=O)c3cccnc3)cc2)cc1. The fraction of sp³-hybridized carbons (Fsp3) is 0.0870. The predicted octanol–water partition coefficient (Wildman–Crippen LogP) is 3.67. The minimum atomic E-state index is -0.220. The Bertz CT molecular complexity index is 982. The molecule has 1 heterocycles. The minimum absolute atomic E-state index is 0.185. The minimum Gasteiger partial charge on any atom is -0.497 e. The van der Waals surface area contributed by atoms with Crippen LogP contribution < -0.4 is 15.4 Å². The van der Waals surface area contributed by atoms with Crippen LogP contribution in [0.1, 0.15) is 21.5 Å². The smallest absolute Gasteiger partial charge is 0.257 e. The summed E-state index contributed by atoms with van der Waals surface area (Å²) in [6, 6.07) is 18.1. The van der Waals surface area contributed by atoms with Crippen LogP contribution in [-0.4, -0.2) is 23.9 Å². The van der Waals surface area contributed by atoms with E-state index in [1.807, 2.05) is 36.4 Å². The van der Waals surface area contributed by atoms with Gasteiger partial charge in [-0.05, 0) is 53.6 Å². The first-order valence-corrected chi connectivity index (χ1v) is 9.04. The molecule has 0 aliphatic heterocycles. The summed E-state index contributed by atoms with van der Waals surface area (Å²) in [5.41, 5.74) is 3.01. The zero-order valence-electron chi connectivity index (χ0n) is 16.0. The van der Waals surface area contributed by atoms with E-state index in [1.165, 1.54) is 12.3 Å². The van der Waals surface area contributed by atoms with Crippen molar-refractivity contribution in [3.8, 4) is 5.75 Å². The molecule has 3 aromatic rings. The molecule has 0 saturated heterocycles. The number of hydrogen-bond acceptors (Lipinski definition) is 4. The van der Waals surface area contributed by atoms with Crippen molar-refractivity contribution in [1.82, 2.24) is 10.3 Å². The monoisotopic (exact) mass is 387 g/mol. The molecular weight excluding hydrogens is 366 g/mol. The van der Waals surface area contributed by atoms with Gasteiger partial charge in [-0.25, -0.2) is 0 Å². The van der Waals surface area contributed by atoms with Gasteiger partial charge in [-0.3, -0.25) is 14.6 Å². The van der Waals surface area contributed by atoms with E-state index < -0.39 is 0 Å². The highest BCUT2D eigenvalue weighted by molar-refractivity contribution is 6.04. The number of methoxy groups -OCH3 is 1. The van der Waals surface area contributed by atoms with Gasteiger partial charge in [0.1, 0.15) is 5.75 Å². The number of ether oxygens (including phenoxy) is 1. The molecule has 2 amide bonds. The van der Waals surface area contributed by atoms with Gasteiger partial charge in [0.15, 0.2) is 0 Å². The lowest BCUT2D eigenvalue weighted by Crippen LogP contribution is -2.20. The van der Waals surface area contributed by atoms with Crippen LogP contribution in [-0.2, 0) is 11.3 Å². The summed E-state index contributed by atoms with van der Waals surface area (Å²) in [5, 5.41) is 5.64. The van der Waals surface area contributed by atoms with Crippen molar-refractivity contribution in [1.29, 1.82) is 0 Å². The highest BCUT2D eigenvalue weighted by Gasteiger charge is 2.05. The van der Waals surface area contributed by atoms with E-state index in [-0.39, 0.29) is 11.8 Å². The van der Waals surface area contributed by atoms with Gasteiger partial charge in [0, 0.05) is 30.7 Å². The number of aromatic nitrogens is 1. The Balaban J connectivity index is 1.48. The average Bonchev–Trinajstić information content (AvgIpc) is 2.78. The van der Waals surface area contributed by atoms with Gasteiger partial charge in [0.25, 0.3) is 5.91 Å². The highest BCUT2D eigenvalue weighted by atomic mass is 16.5. The topological polar surface area (TPSA) is 80.3 Å². The maximum atomic E-state index is 12.1. The van der Waals surface area contributed by atoms with E-state index in [9.17, 15) is 9.59 Å². The van der Waals surface area contributed by atoms with Gasteiger partial charge < -0.3 is 15.4 Å². The second-order valence-corrected chi connectivity index (χ2v) is 6.22. The van der Waals surface area contributed by atoms with E-state index in [0.717, 1.165) is 16.9 Å². The van der Waals surface area contributed by atoms with Crippen molar-refractivity contribution in [3.05, 3.63) is 95.8 Å². The van der Waals surface area contributed by atoms with Crippen molar-refractivity contribution < 1.29 is 14.3 Å². The second-order valence-electron chi connectivity index (χ2n) is 6.22. The number of carbonyl (C=O) groups is 2. The molecule has 2 N–H and O–H groups in total. The first kappa shape index (κ1) is 19.8. The number of hydrogen-bond donors (Lipinski definition) is 2. The van der Waals surface area contributed by atoms with Crippen molar-refractivity contribution in [2.24, 2.45) is 0 Å². The van der Waals surface area contributed by atoms with Crippen molar-refractivity contribution in [3.63, 3.8) is 0 Å². The molecule has 0 radical (unpaired) electrons. The average molecular weight is 387 g/mol. The summed E-state index contributed by atoms with van der Waals surface area (Å²) < 4.78 is 5.11. The van der Waals surface area contributed by atoms with Crippen molar-refractivity contribution in [2.45, 2.75) is 6.54 Å². The molecule has 0 saturated carbocycles. The second kappa shape index (κ2) is 9.85. The van der Waals surface area contributed by atoms with Crippen LogP contribution in [0.15, 0.2) is 79.1 Å². The first-order chi connectivity index (χ1) is 14.1. The van der Waals surface area contributed by atoms with Gasteiger partial charge in [-0.1, -0.05) is 24.3 Å². The zero-order valence-corrected chi connectivity index (χ0v) is 16.0. The van der Waals surface area contributed by atoms with Gasteiger partial charge in [-0.15, -0.1) is 0 Å². The molecule has 146 valence electrons. The molecule has 0 aliphatic carbocycles. The summed E-state index contributed by atoms with van der Waals surface area (Å²) in [6.45, 7) is 0.391. The molecule has 6 nitrogen and oxygen atoms in total. The lowest BCUT2D eigenvalue weighted by molar-refractivity contribution is -0.116. The summed E-state index contributed by atoms with van der Waals surface area (Å²) in [5.74, 6) is 0.365. The van der Waals surface area contributed by atoms with E-state index in [1.54, 1.807) is 43.6 Å². The van der Waals surface area contributed by atoms with Crippen LogP contribution in [0.3, 0.4) is 0 Å². The van der Waals surface area contributed by atoms with E-state index in [2.05, 4.69) is 15.6 Å². The third-order valence-corrected chi connectivity index (χ3v) is 4.15. The Hall–Kier alpha value is -3.93. The number of nitrogens with zero attached hydrogens (tertiary/aromatic N) is 1. The van der Waals surface area contributed by atoms with Crippen LogP contribution in [0.25, 0.3) is 6.08 Å². The molecule has 6 heteroatoms. The fourth-order valence-corrected chi connectivity index (χ4v) is 2.54. The third kappa shape index (κ3) is 6.04. The van der Waals surface area contributed by atoms with Crippen molar-refractivity contribution >= 4 is 23.6 Å². The quantitative estimate of drug-likeness (QED) is 0.606. The largest absolute Gasteiger partial charge is 0.497 e. The Kier molecular flexibility index (Phi) is 6.73. The normalized spacial score (nSPS) is 10.5. The van der Waals surface area contributed by atoms with Gasteiger partial charge in [0.2, 0.25) is 5.91 Å². The van der Waals surface area contributed by atoms with Crippen LogP contribution in [0.5, 0.6) is 5.75 Å². The Labute approximate surface area is 169 Å².